The number of carbonyl (C=O) groups excluding carboxylic acids is 1. The van der Waals surface area contributed by atoms with Gasteiger partial charge in [0.1, 0.15) is 0 Å². The van der Waals surface area contributed by atoms with E-state index < -0.39 is 18.3 Å². The fourth-order valence-corrected chi connectivity index (χ4v) is 1.28. The Bertz CT molecular complexity index is 380. The predicted molar refractivity (Wildman–Crippen MR) is 53.9 cm³/mol. The molecule has 0 fully saturated rings. The van der Waals surface area contributed by atoms with Gasteiger partial charge in [-0.2, -0.15) is 8.78 Å². The molecular weight excluding hydrogens is 238 g/mol. The summed E-state index contributed by atoms with van der Waals surface area (Å²) in [6.07, 6.45) is -3.99. The number of hydrogen-bond acceptors (Lipinski definition) is 1. The maximum atomic E-state index is 12.8. The second kappa shape index (κ2) is 5.16. The molecule has 94 valence electrons. The van der Waals surface area contributed by atoms with E-state index in [0.717, 1.165) is 7.05 Å². The molecule has 0 saturated carbocycles. The van der Waals surface area contributed by atoms with Crippen LogP contribution < -0.4 is 0 Å². The van der Waals surface area contributed by atoms with Gasteiger partial charge in [0.2, 0.25) is 0 Å². The van der Waals surface area contributed by atoms with E-state index in [1.54, 1.807) is 30.3 Å². The van der Waals surface area contributed by atoms with Crippen LogP contribution in [0.2, 0.25) is 0 Å². The van der Waals surface area contributed by atoms with Crippen LogP contribution in [0.5, 0.6) is 0 Å². The van der Waals surface area contributed by atoms with Gasteiger partial charge < -0.3 is 4.90 Å². The molecule has 0 aliphatic heterocycles. The molecule has 0 spiro atoms. The van der Waals surface area contributed by atoms with Crippen LogP contribution in [0.1, 0.15) is 5.56 Å². The highest BCUT2D eigenvalue weighted by Crippen LogP contribution is 2.25. The molecule has 0 N–H and O–H groups in total. The normalized spacial score (nSPS) is 11.6. The van der Waals surface area contributed by atoms with Crippen LogP contribution in [0.4, 0.5) is 17.6 Å². The Labute approximate surface area is 95.8 Å². The highest BCUT2D eigenvalue weighted by Gasteiger charge is 2.50. The van der Waals surface area contributed by atoms with Crippen LogP contribution in [0.15, 0.2) is 30.3 Å². The molecule has 0 atom stereocenters. The molecule has 1 aromatic carbocycles. The summed E-state index contributed by atoms with van der Waals surface area (Å²) in [7, 11) is 1.06. The van der Waals surface area contributed by atoms with Crippen LogP contribution in [0, 0.1) is 0 Å². The fourth-order valence-electron chi connectivity index (χ4n) is 1.28. The average Bonchev–Trinajstić information content (AvgIpc) is 2.29. The summed E-state index contributed by atoms with van der Waals surface area (Å²) in [5.74, 6) is -6.51. The topological polar surface area (TPSA) is 20.3 Å². The molecule has 2 nitrogen and oxygen atoms in total. The average molecular weight is 249 g/mol. The molecule has 0 aliphatic carbocycles. The van der Waals surface area contributed by atoms with E-state index in [1.807, 2.05) is 0 Å². The molecule has 1 aromatic rings. The molecule has 0 unspecified atom stereocenters. The van der Waals surface area contributed by atoms with Crippen LogP contribution in [-0.4, -0.2) is 30.2 Å². The minimum absolute atomic E-state index is 0.137. The first-order valence-corrected chi connectivity index (χ1v) is 4.81. The van der Waals surface area contributed by atoms with Crippen LogP contribution in [-0.2, 0) is 11.3 Å². The lowest BCUT2D eigenvalue weighted by molar-refractivity contribution is -0.179. The van der Waals surface area contributed by atoms with Crippen molar-refractivity contribution in [2.75, 3.05) is 7.05 Å². The van der Waals surface area contributed by atoms with Gasteiger partial charge in [-0.1, -0.05) is 30.3 Å². The van der Waals surface area contributed by atoms with Gasteiger partial charge in [-0.15, -0.1) is 0 Å². The Morgan fingerprint density at radius 2 is 1.82 bits per heavy atom. The number of nitrogens with zero attached hydrogens (tertiary/aromatic N) is 1. The van der Waals surface area contributed by atoms with Gasteiger partial charge in [-0.05, 0) is 5.56 Å². The summed E-state index contributed by atoms with van der Waals surface area (Å²) in [4.78, 5) is 11.7. The Balaban J connectivity index is 2.72. The van der Waals surface area contributed by atoms with Gasteiger partial charge in [-0.25, -0.2) is 8.78 Å². The van der Waals surface area contributed by atoms with E-state index >= 15 is 0 Å². The van der Waals surface area contributed by atoms with Crippen molar-refractivity contribution < 1.29 is 22.4 Å². The van der Waals surface area contributed by atoms with Gasteiger partial charge in [0.25, 0.3) is 5.91 Å². The van der Waals surface area contributed by atoms with Crippen LogP contribution in [0.3, 0.4) is 0 Å². The molecule has 0 bridgehead atoms. The first kappa shape index (κ1) is 13.5. The molecular formula is C11H11F4NO. The third-order valence-electron chi connectivity index (χ3n) is 2.17. The Hall–Kier alpha value is -1.59. The second-order valence-electron chi connectivity index (χ2n) is 3.57. The number of halogens is 4. The standard InChI is InChI=1S/C11H11F4NO/c1-16(7-8-5-3-2-4-6-8)10(17)11(14,15)9(12)13/h2-6,9H,7H2,1H3. The number of carbonyl (C=O) groups is 1. The number of hydrogen-bond donors (Lipinski definition) is 0. The molecule has 1 rings (SSSR count). The fraction of sp³-hybridized carbons (Fsp3) is 0.364. The summed E-state index contributed by atoms with van der Waals surface area (Å²) in [6.45, 7) is -0.137. The molecule has 0 saturated heterocycles. The summed E-state index contributed by atoms with van der Waals surface area (Å²) in [5.41, 5.74) is 0.591. The van der Waals surface area contributed by atoms with Gasteiger partial charge >= 0.3 is 12.3 Å². The van der Waals surface area contributed by atoms with E-state index in [4.69, 9.17) is 0 Å². The van der Waals surface area contributed by atoms with Crippen molar-refractivity contribution in [2.45, 2.75) is 18.9 Å². The molecule has 1 amide bonds. The lowest BCUT2D eigenvalue weighted by atomic mass is 10.2. The van der Waals surface area contributed by atoms with Crippen LogP contribution >= 0.6 is 0 Å². The SMILES string of the molecule is CN(Cc1ccccc1)C(=O)C(F)(F)C(F)F. The van der Waals surface area contributed by atoms with Gasteiger partial charge in [-0.3, -0.25) is 4.79 Å². The van der Waals surface area contributed by atoms with Crippen molar-refractivity contribution in [2.24, 2.45) is 0 Å². The van der Waals surface area contributed by atoms with Gasteiger partial charge in [0.15, 0.2) is 0 Å². The molecule has 0 heterocycles. The lowest BCUT2D eigenvalue weighted by Gasteiger charge is -2.22. The number of rotatable bonds is 4. The third-order valence-corrected chi connectivity index (χ3v) is 2.17. The maximum absolute atomic E-state index is 12.8. The molecule has 0 aliphatic rings. The highest BCUT2D eigenvalue weighted by molar-refractivity contribution is 5.83. The Kier molecular flexibility index (Phi) is 4.09. The highest BCUT2D eigenvalue weighted by atomic mass is 19.3. The molecule has 0 radical (unpaired) electrons. The zero-order chi connectivity index (χ0) is 13.1. The van der Waals surface area contributed by atoms with Crippen molar-refractivity contribution in [3.63, 3.8) is 0 Å². The first-order chi connectivity index (χ1) is 7.85. The van der Waals surface area contributed by atoms with Crippen molar-refractivity contribution in [1.82, 2.24) is 4.90 Å². The summed E-state index contributed by atoms with van der Waals surface area (Å²) in [5, 5.41) is 0. The Morgan fingerprint density at radius 3 is 2.29 bits per heavy atom. The maximum Gasteiger partial charge on any atom is 0.383 e. The third kappa shape index (κ3) is 3.18. The van der Waals surface area contributed by atoms with Crippen molar-refractivity contribution in [1.29, 1.82) is 0 Å². The Morgan fingerprint density at radius 1 is 1.29 bits per heavy atom. The predicted octanol–water partition coefficient (Wildman–Crippen LogP) is 2.55. The zero-order valence-electron chi connectivity index (χ0n) is 9.04. The van der Waals surface area contributed by atoms with E-state index in [9.17, 15) is 22.4 Å². The van der Waals surface area contributed by atoms with E-state index in [0.29, 0.717) is 10.5 Å². The minimum atomic E-state index is -4.64. The minimum Gasteiger partial charge on any atom is -0.336 e. The van der Waals surface area contributed by atoms with Gasteiger partial charge in [0.05, 0.1) is 0 Å². The monoisotopic (exact) mass is 249 g/mol. The largest absolute Gasteiger partial charge is 0.383 e. The zero-order valence-corrected chi connectivity index (χ0v) is 9.04. The number of alkyl halides is 4. The van der Waals surface area contributed by atoms with E-state index in [2.05, 4.69) is 0 Å². The van der Waals surface area contributed by atoms with Crippen molar-refractivity contribution >= 4 is 5.91 Å². The quantitative estimate of drug-likeness (QED) is 0.751. The van der Waals surface area contributed by atoms with Crippen molar-refractivity contribution in [3.05, 3.63) is 35.9 Å². The second-order valence-corrected chi connectivity index (χ2v) is 3.57. The van der Waals surface area contributed by atoms with Crippen LogP contribution in [0.25, 0.3) is 0 Å². The summed E-state index contributed by atoms with van der Waals surface area (Å²) < 4.78 is 49.4. The smallest absolute Gasteiger partial charge is 0.336 e. The molecule has 17 heavy (non-hydrogen) atoms. The summed E-state index contributed by atoms with van der Waals surface area (Å²) >= 11 is 0. The number of benzene rings is 1. The lowest BCUT2D eigenvalue weighted by Crippen LogP contribution is -2.45. The van der Waals surface area contributed by atoms with Crippen molar-refractivity contribution in [3.8, 4) is 0 Å². The molecule has 6 heteroatoms. The first-order valence-electron chi connectivity index (χ1n) is 4.81. The number of amides is 1. The molecule has 0 aromatic heterocycles. The van der Waals surface area contributed by atoms with Gasteiger partial charge in [0, 0.05) is 13.6 Å². The summed E-state index contributed by atoms with van der Waals surface area (Å²) in [6, 6.07) is 8.28. The van der Waals surface area contributed by atoms with E-state index in [-0.39, 0.29) is 6.54 Å². The van der Waals surface area contributed by atoms with E-state index in [1.165, 1.54) is 0 Å².